The van der Waals surface area contributed by atoms with Crippen LogP contribution in [0.4, 0.5) is 17.1 Å². The molecule has 0 amide bonds. The van der Waals surface area contributed by atoms with E-state index in [0.717, 1.165) is 59.6 Å². The summed E-state index contributed by atoms with van der Waals surface area (Å²) in [6.45, 7) is 8.35. The van der Waals surface area contributed by atoms with E-state index in [1.807, 2.05) is 50.2 Å². The lowest BCUT2D eigenvalue weighted by Crippen LogP contribution is -2.45. The molecule has 192 valence electrons. The smallest absolute Gasteiger partial charge is 0.344 e. The zero-order valence-electron chi connectivity index (χ0n) is 22.4. The van der Waals surface area contributed by atoms with Crippen LogP contribution in [0.25, 0.3) is 0 Å². The lowest BCUT2D eigenvalue weighted by molar-refractivity contribution is -0.170. The molecule has 0 saturated heterocycles. The van der Waals surface area contributed by atoms with E-state index in [-0.39, 0.29) is 12.6 Å². The average molecular weight is 496 g/mol. The summed E-state index contributed by atoms with van der Waals surface area (Å²) >= 11 is 0. The fourth-order valence-corrected chi connectivity index (χ4v) is 6.09. The highest BCUT2D eigenvalue weighted by Crippen LogP contribution is 2.46. The highest BCUT2D eigenvalue weighted by Gasteiger charge is 2.43. The minimum Gasteiger partial charge on any atom is -0.481 e. The molecule has 0 N–H and O–H groups in total. The third-order valence-electron chi connectivity index (χ3n) is 7.90. The van der Waals surface area contributed by atoms with Crippen molar-refractivity contribution >= 4 is 23.0 Å². The number of carbonyl (C=O) groups is 1. The number of anilines is 3. The molecule has 1 fully saturated rings. The van der Waals surface area contributed by atoms with E-state index in [2.05, 4.69) is 61.2 Å². The second-order valence-corrected chi connectivity index (χ2v) is 10.9. The van der Waals surface area contributed by atoms with E-state index in [1.54, 1.807) is 0 Å². The maximum atomic E-state index is 12.9. The molecule has 3 atom stereocenters. The highest BCUT2D eigenvalue weighted by molar-refractivity contribution is 5.78. The van der Waals surface area contributed by atoms with Crippen LogP contribution in [-0.2, 0) is 9.53 Å². The van der Waals surface area contributed by atoms with Gasteiger partial charge in [0.15, 0.2) is 6.61 Å². The second kappa shape index (κ2) is 10.5. The van der Waals surface area contributed by atoms with Gasteiger partial charge in [-0.2, -0.15) is 0 Å². The van der Waals surface area contributed by atoms with E-state index < -0.39 is 5.60 Å². The molecule has 3 aromatic carbocycles. The van der Waals surface area contributed by atoms with Crippen molar-refractivity contribution in [2.24, 2.45) is 11.8 Å². The van der Waals surface area contributed by atoms with Crippen LogP contribution in [0.1, 0.15) is 50.7 Å². The zero-order valence-corrected chi connectivity index (χ0v) is 22.4. The molecular weight excluding hydrogens is 458 g/mol. The van der Waals surface area contributed by atoms with Crippen LogP contribution in [0.2, 0.25) is 0 Å². The number of carbonyl (C=O) groups excluding carboxylic acids is 1. The summed E-state index contributed by atoms with van der Waals surface area (Å²) in [4.78, 5) is 15.2. The normalized spacial score (nSPS) is 22.6. The summed E-state index contributed by atoms with van der Waals surface area (Å²) in [5.41, 5.74) is 6.30. The quantitative estimate of drug-likeness (QED) is 0.244. The van der Waals surface area contributed by atoms with Crippen LogP contribution in [0.3, 0.4) is 0 Å². The summed E-state index contributed by atoms with van der Waals surface area (Å²) in [6.07, 6.45) is 6.45. The fourth-order valence-electron chi connectivity index (χ4n) is 6.09. The summed E-state index contributed by atoms with van der Waals surface area (Å²) in [5, 5.41) is 0. The number of hydrogen-bond acceptors (Lipinski definition) is 4. The molecule has 37 heavy (non-hydrogen) atoms. The van der Waals surface area contributed by atoms with Crippen molar-refractivity contribution in [3.8, 4) is 5.75 Å². The number of fused-ring (bicyclic) bond motifs is 2. The SMILES string of the molecule is Cc1cc(N(c2ccccc2)c2ccccc2)cc(C)c1OCC(=O)OC1(C)CCC2=CC(C)CC1C2. The number of esters is 1. The maximum Gasteiger partial charge on any atom is 0.344 e. The van der Waals surface area contributed by atoms with Gasteiger partial charge in [-0.25, -0.2) is 4.79 Å². The Morgan fingerprint density at radius 2 is 1.54 bits per heavy atom. The fraction of sp³-hybridized carbons (Fsp3) is 0.364. The molecule has 0 spiro atoms. The molecule has 2 bridgehead atoms. The molecule has 4 heteroatoms. The molecule has 5 rings (SSSR count). The van der Waals surface area contributed by atoms with Gasteiger partial charge in [0.1, 0.15) is 11.4 Å². The van der Waals surface area contributed by atoms with Crippen LogP contribution in [0.5, 0.6) is 5.75 Å². The van der Waals surface area contributed by atoms with Crippen molar-refractivity contribution in [2.75, 3.05) is 11.5 Å². The van der Waals surface area contributed by atoms with Crippen molar-refractivity contribution in [3.05, 3.63) is 95.6 Å². The van der Waals surface area contributed by atoms with E-state index in [9.17, 15) is 4.79 Å². The Kier molecular flexibility index (Phi) is 7.10. The molecule has 2 aliphatic carbocycles. The number of benzene rings is 3. The number of nitrogens with zero attached hydrogens (tertiary/aromatic N) is 1. The third-order valence-corrected chi connectivity index (χ3v) is 7.90. The van der Waals surface area contributed by atoms with Crippen molar-refractivity contribution in [3.63, 3.8) is 0 Å². The first-order valence-corrected chi connectivity index (χ1v) is 13.4. The van der Waals surface area contributed by atoms with E-state index in [0.29, 0.717) is 11.8 Å². The van der Waals surface area contributed by atoms with Gasteiger partial charge in [0.2, 0.25) is 0 Å². The van der Waals surface area contributed by atoms with Gasteiger partial charge in [-0.1, -0.05) is 55.0 Å². The zero-order chi connectivity index (χ0) is 26.0. The van der Waals surface area contributed by atoms with Gasteiger partial charge in [-0.3, -0.25) is 0 Å². The monoisotopic (exact) mass is 495 g/mol. The van der Waals surface area contributed by atoms with E-state index in [1.165, 1.54) is 5.57 Å². The third kappa shape index (κ3) is 5.44. The predicted octanol–water partition coefficient (Wildman–Crippen LogP) is 8.22. The first-order valence-electron chi connectivity index (χ1n) is 13.4. The second-order valence-electron chi connectivity index (χ2n) is 10.9. The van der Waals surface area contributed by atoms with Crippen LogP contribution in [-0.4, -0.2) is 18.2 Å². The topological polar surface area (TPSA) is 38.8 Å². The Morgan fingerprint density at radius 1 is 0.946 bits per heavy atom. The largest absolute Gasteiger partial charge is 0.481 e. The first-order chi connectivity index (χ1) is 17.8. The van der Waals surface area contributed by atoms with Crippen molar-refractivity contribution < 1.29 is 14.3 Å². The van der Waals surface area contributed by atoms with Gasteiger partial charge in [-0.15, -0.1) is 0 Å². The molecule has 3 unspecified atom stereocenters. The van der Waals surface area contributed by atoms with Gasteiger partial charge in [0.25, 0.3) is 0 Å². The lowest BCUT2D eigenvalue weighted by atomic mass is 9.67. The summed E-state index contributed by atoms with van der Waals surface area (Å²) in [6, 6.07) is 24.9. The van der Waals surface area contributed by atoms with Crippen LogP contribution in [0, 0.1) is 25.7 Å². The molecule has 2 aliphatic rings. The lowest BCUT2D eigenvalue weighted by Gasteiger charge is -2.45. The number of hydrogen-bond donors (Lipinski definition) is 0. The number of allylic oxidation sites excluding steroid dienone is 2. The van der Waals surface area contributed by atoms with Crippen molar-refractivity contribution in [1.82, 2.24) is 0 Å². The van der Waals surface area contributed by atoms with Gasteiger partial charge in [-0.05, 0) is 99.9 Å². The minimum absolute atomic E-state index is 0.0807. The maximum absolute atomic E-state index is 12.9. The number of para-hydroxylation sites is 2. The number of ether oxygens (including phenoxy) is 2. The molecule has 1 saturated carbocycles. The van der Waals surface area contributed by atoms with Crippen LogP contribution >= 0.6 is 0 Å². The Balaban J connectivity index is 1.32. The highest BCUT2D eigenvalue weighted by atomic mass is 16.6. The molecule has 0 heterocycles. The molecule has 0 radical (unpaired) electrons. The first kappa shape index (κ1) is 25.1. The van der Waals surface area contributed by atoms with Gasteiger partial charge in [0.05, 0.1) is 0 Å². The molecule has 0 aromatic heterocycles. The summed E-state index contributed by atoms with van der Waals surface area (Å²) in [5.74, 6) is 1.40. The molecule has 0 aliphatic heterocycles. The Labute approximate surface area is 220 Å². The van der Waals surface area contributed by atoms with Gasteiger partial charge < -0.3 is 14.4 Å². The Hall–Kier alpha value is -3.53. The standard InChI is InChI=1S/C33H37NO3/c1-23-17-26-15-16-33(4,27(18-23)21-26)37-31(35)22-36-32-24(2)19-30(20-25(32)3)34(28-11-7-5-8-12-28)29-13-9-6-10-14-29/h5-14,17,19-20,23,27H,15-16,18,21-22H2,1-4H3. The number of aryl methyl sites for hydroxylation is 2. The average Bonchev–Trinajstić information content (AvgIpc) is 2.87. The van der Waals surface area contributed by atoms with E-state index in [4.69, 9.17) is 9.47 Å². The van der Waals surface area contributed by atoms with Crippen molar-refractivity contribution in [2.45, 2.75) is 59.0 Å². The molecular formula is C33H37NO3. The Bertz CT molecular complexity index is 1220. The van der Waals surface area contributed by atoms with Crippen LogP contribution in [0.15, 0.2) is 84.4 Å². The number of rotatable bonds is 7. The molecule has 4 nitrogen and oxygen atoms in total. The van der Waals surface area contributed by atoms with Crippen molar-refractivity contribution in [1.29, 1.82) is 0 Å². The van der Waals surface area contributed by atoms with Gasteiger partial charge in [0, 0.05) is 23.0 Å². The summed E-state index contributed by atoms with van der Waals surface area (Å²) < 4.78 is 12.2. The minimum atomic E-state index is -0.410. The predicted molar refractivity (Wildman–Crippen MR) is 150 cm³/mol. The van der Waals surface area contributed by atoms with Gasteiger partial charge >= 0.3 is 5.97 Å². The molecule has 3 aromatic rings. The summed E-state index contributed by atoms with van der Waals surface area (Å²) in [7, 11) is 0. The van der Waals surface area contributed by atoms with Crippen LogP contribution < -0.4 is 9.64 Å². The van der Waals surface area contributed by atoms with E-state index >= 15 is 0 Å². The Morgan fingerprint density at radius 3 is 2.14 bits per heavy atom.